The minimum Gasteiger partial charge on any atom is -0.465 e. The number of carbonyl (C=O) groups is 4. The van der Waals surface area contributed by atoms with Gasteiger partial charge in [-0.05, 0) is 85.5 Å². The fourth-order valence-corrected chi connectivity index (χ4v) is 10.8. The van der Waals surface area contributed by atoms with Crippen LogP contribution in [0, 0.1) is 56.8 Å². The SMILES string of the molecule is [C-]#[N+]C1=C[C@]2(C)C3=CC(=O)[C@@H]4[C@@H]5CC(C)(C)CC[C@]5(C(=O)CCC)CC[C@@]4(C)[C@]3(C)CC[C@H]2[C@](C)(COC(C)=O)C1=O. The molecule has 8 atom stereocenters. The quantitative estimate of drug-likeness (QED) is 0.251. The monoisotopic (exact) mass is 575 g/mol. The molecule has 0 N–H and O–H groups in total. The third-order valence-corrected chi connectivity index (χ3v) is 13.3. The van der Waals surface area contributed by atoms with E-state index in [9.17, 15) is 19.2 Å². The fraction of sp³-hybridized carbons (Fsp3) is 0.750. The van der Waals surface area contributed by atoms with Crippen molar-refractivity contribution in [3.8, 4) is 0 Å². The first-order valence-corrected chi connectivity index (χ1v) is 16.0. The van der Waals surface area contributed by atoms with Crippen LogP contribution in [0.15, 0.2) is 23.4 Å². The summed E-state index contributed by atoms with van der Waals surface area (Å²) < 4.78 is 5.45. The Hall–Kier alpha value is -2.55. The highest BCUT2D eigenvalue weighted by Crippen LogP contribution is 2.74. The third kappa shape index (κ3) is 4.01. The lowest BCUT2D eigenvalue weighted by atomic mass is 9.34. The van der Waals surface area contributed by atoms with E-state index in [-0.39, 0.29) is 57.9 Å². The predicted molar refractivity (Wildman–Crippen MR) is 161 cm³/mol. The van der Waals surface area contributed by atoms with Gasteiger partial charge in [0.25, 0.3) is 0 Å². The summed E-state index contributed by atoms with van der Waals surface area (Å²) >= 11 is 0. The number of allylic oxidation sites excluding steroid dienone is 4. The minimum absolute atomic E-state index is 0.0169. The van der Waals surface area contributed by atoms with Gasteiger partial charge in [-0.1, -0.05) is 60.1 Å². The number of carbonyl (C=O) groups excluding carboxylic acids is 4. The first-order valence-electron chi connectivity index (χ1n) is 16.0. The fourth-order valence-electron chi connectivity index (χ4n) is 10.8. The summed E-state index contributed by atoms with van der Waals surface area (Å²) in [4.78, 5) is 57.7. The molecule has 42 heavy (non-hydrogen) atoms. The molecule has 0 radical (unpaired) electrons. The average molecular weight is 576 g/mol. The molecule has 0 saturated heterocycles. The van der Waals surface area contributed by atoms with E-state index < -0.39 is 22.2 Å². The van der Waals surface area contributed by atoms with Gasteiger partial charge < -0.3 is 9.53 Å². The number of Topliss-reactive ketones (excluding diaryl/α,β-unsaturated/α-hetero) is 2. The van der Waals surface area contributed by atoms with E-state index in [0.29, 0.717) is 12.2 Å². The van der Waals surface area contributed by atoms with Gasteiger partial charge in [0.05, 0.1) is 12.0 Å². The van der Waals surface area contributed by atoms with Gasteiger partial charge in [-0.3, -0.25) is 14.4 Å². The maximum atomic E-state index is 14.6. The molecule has 5 rings (SSSR count). The molecule has 0 aromatic heterocycles. The highest BCUT2D eigenvalue weighted by molar-refractivity contribution is 6.03. The molecule has 0 spiro atoms. The summed E-state index contributed by atoms with van der Waals surface area (Å²) in [7, 11) is 0. The predicted octanol–water partition coefficient (Wildman–Crippen LogP) is 7.47. The molecule has 0 aromatic rings. The van der Waals surface area contributed by atoms with Gasteiger partial charge in [-0.2, -0.15) is 0 Å². The lowest BCUT2D eigenvalue weighted by Gasteiger charge is -2.69. The van der Waals surface area contributed by atoms with Crippen molar-refractivity contribution in [3.05, 3.63) is 34.8 Å². The zero-order valence-corrected chi connectivity index (χ0v) is 26.9. The lowest BCUT2D eigenvalue weighted by molar-refractivity contribution is -0.178. The number of ketones is 3. The first-order chi connectivity index (χ1) is 19.5. The molecule has 0 unspecified atom stereocenters. The summed E-state index contributed by atoms with van der Waals surface area (Å²) in [5.74, 6) is -0.695. The van der Waals surface area contributed by atoms with Crippen molar-refractivity contribution in [2.24, 2.45) is 50.2 Å². The molecule has 5 aliphatic carbocycles. The van der Waals surface area contributed by atoms with Crippen molar-refractivity contribution in [1.29, 1.82) is 0 Å². The van der Waals surface area contributed by atoms with Crippen molar-refractivity contribution < 1.29 is 23.9 Å². The number of hydrogen-bond acceptors (Lipinski definition) is 5. The van der Waals surface area contributed by atoms with Crippen LogP contribution in [0.2, 0.25) is 0 Å². The second-order valence-corrected chi connectivity index (χ2v) is 16.0. The van der Waals surface area contributed by atoms with Crippen LogP contribution >= 0.6 is 0 Å². The van der Waals surface area contributed by atoms with Crippen molar-refractivity contribution in [1.82, 2.24) is 0 Å². The maximum Gasteiger partial charge on any atom is 0.302 e. The molecule has 3 saturated carbocycles. The summed E-state index contributed by atoms with van der Waals surface area (Å²) in [5.41, 5.74) is -1.73. The molecule has 6 heteroatoms. The number of ether oxygens (including phenoxy) is 1. The van der Waals surface area contributed by atoms with Crippen molar-refractivity contribution in [2.75, 3.05) is 6.61 Å². The molecule has 0 aliphatic heterocycles. The number of nitrogens with zero attached hydrogens (tertiary/aromatic N) is 1. The van der Waals surface area contributed by atoms with E-state index in [0.717, 1.165) is 56.9 Å². The van der Waals surface area contributed by atoms with E-state index in [1.54, 1.807) is 0 Å². The number of esters is 1. The smallest absolute Gasteiger partial charge is 0.302 e. The van der Waals surface area contributed by atoms with Gasteiger partial charge in [-0.25, -0.2) is 4.85 Å². The van der Waals surface area contributed by atoms with Gasteiger partial charge in [0.1, 0.15) is 12.4 Å². The van der Waals surface area contributed by atoms with Crippen LogP contribution in [0.5, 0.6) is 0 Å². The summed E-state index contributed by atoms with van der Waals surface area (Å²) in [6.45, 7) is 24.3. The van der Waals surface area contributed by atoms with E-state index in [1.165, 1.54) is 6.92 Å². The van der Waals surface area contributed by atoms with Crippen LogP contribution in [0.1, 0.15) is 113 Å². The Labute approximate surface area is 251 Å². The highest BCUT2D eigenvalue weighted by Gasteiger charge is 2.71. The molecule has 0 amide bonds. The Morgan fingerprint density at radius 3 is 2.31 bits per heavy atom. The summed E-state index contributed by atoms with van der Waals surface area (Å²) in [6, 6.07) is 0. The maximum absolute atomic E-state index is 14.6. The average Bonchev–Trinajstić information content (AvgIpc) is 2.91. The van der Waals surface area contributed by atoms with Crippen LogP contribution in [0.25, 0.3) is 4.85 Å². The Kier molecular flexibility index (Phi) is 7.16. The Balaban J connectivity index is 1.67. The molecule has 5 aliphatic rings. The van der Waals surface area contributed by atoms with Crippen LogP contribution in [0.3, 0.4) is 0 Å². The standard InChI is InChI=1S/C36H49NO5/c1-10-11-28(40)36-16-14-31(3,4)19-23(36)29-25(39)18-27-32(5)20-24(37-9)30(41)33(6,21-42-22(2)38)26(32)12-13-34(27,7)35(29,8)15-17-36/h18,20,23,26,29H,10-17,19,21H2,1-8H3/t23-,26+,29-,32-,33-,34+,35+,36-/m0/s1. The van der Waals surface area contributed by atoms with E-state index >= 15 is 0 Å². The summed E-state index contributed by atoms with van der Waals surface area (Å²) in [5, 5.41) is 0. The highest BCUT2D eigenvalue weighted by atomic mass is 16.5. The molecule has 0 heterocycles. The van der Waals surface area contributed by atoms with Gasteiger partial charge in [0.2, 0.25) is 5.70 Å². The topological polar surface area (TPSA) is 81.9 Å². The van der Waals surface area contributed by atoms with Gasteiger partial charge >= 0.3 is 5.97 Å². The van der Waals surface area contributed by atoms with Crippen LogP contribution in [-0.4, -0.2) is 29.9 Å². The molecular weight excluding hydrogens is 526 g/mol. The number of rotatable bonds is 5. The zero-order chi connectivity index (χ0) is 31.1. The molecule has 6 nitrogen and oxygen atoms in total. The second kappa shape index (κ2) is 9.73. The molecule has 0 bridgehead atoms. The summed E-state index contributed by atoms with van der Waals surface area (Å²) in [6.07, 6.45) is 11.0. The minimum atomic E-state index is -1.06. The van der Waals surface area contributed by atoms with Crippen LogP contribution in [-0.2, 0) is 23.9 Å². The van der Waals surface area contributed by atoms with Crippen LogP contribution in [0.4, 0.5) is 0 Å². The van der Waals surface area contributed by atoms with Crippen molar-refractivity contribution >= 4 is 23.3 Å². The molecule has 228 valence electrons. The van der Waals surface area contributed by atoms with Gasteiger partial charge in [-0.15, -0.1) is 0 Å². The van der Waals surface area contributed by atoms with Crippen molar-refractivity contribution in [2.45, 2.75) is 113 Å². The van der Waals surface area contributed by atoms with Crippen molar-refractivity contribution in [3.63, 3.8) is 0 Å². The second-order valence-electron chi connectivity index (χ2n) is 16.0. The largest absolute Gasteiger partial charge is 0.465 e. The lowest BCUT2D eigenvalue weighted by Crippen LogP contribution is -2.66. The van der Waals surface area contributed by atoms with E-state index in [2.05, 4.69) is 46.4 Å². The Morgan fingerprint density at radius 1 is 1.02 bits per heavy atom. The third-order valence-electron chi connectivity index (χ3n) is 13.3. The molecule has 0 aromatic carbocycles. The number of fused-ring (bicyclic) bond motifs is 7. The molecular formula is C36H49NO5. The normalized spacial score (nSPS) is 43.8. The molecule has 3 fully saturated rings. The van der Waals surface area contributed by atoms with E-state index in [4.69, 9.17) is 11.3 Å². The Bertz CT molecular complexity index is 1350. The van der Waals surface area contributed by atoms with E-state index in [1.807, 2.05) is 19.1 Å². The van der Waals surface area contributed by atoms with Gasteiger partial charge in [0.15, 0.2) is 11.6 Å². The number of hydrogen-bond donors (Lipinski definition) is 0. The Morgan fingerprint density at radius 2 is 1.69 bits per heavy atom. The van der Waals surface area contributed by atoms with Gasteiger partial charge in [0, 0.05) is 30.1 Å². The first kappa shape index (κ1) is 30.9. The van der Waals surface area contributed by atoms with Crippen LogP contribution < -0.4 is 0 Å². The zero-order valence-electron chi connectivity index (χ0n) is 26.9.